The lowest BCUT2D eigenvalue weighted by Gasteiger charge is -2.20. The van der Waals surface area contributed by atoms with Gasteiger partial charge in [0.2, 0.25) is 0 Å². The van der Waals surface area contributed by atoms with E-state index in [1.807, 2.05) is 50.2 Å². The number of ether oxygens (including phenoxy) is 1. The monoisotopic (exact) mass is 392 g/mol. The van der Waals surface area contributed by atoms with E-state index in [2.05, 4.69) is 10.6 Å². The minimum absolute atomic E-state index is 0.00805. The molecule has 26 heavy (non-hydrogen) atoms. The molecule has 2 aromatic rings. The lowest BCUT2D eigenvalue weighted by Crippen LogP contribution is -2.32. The van der Waals surface area contributed by atoms with E-state index in [1.54, 1.807) is 12.1 Å². The van der Waals surface area contributed by atoms with Crippen LogP contribution in [0.2, 0.25) is 0 Å². The van der Waals surface area contributed by atoms with Crippen LogP contribution in [0.1, 0.15) is 31.9 Å². The molecule has 2 N–H and O–H groups in total. The van der Waals surface area contributed by atoms with Gasteiger partial charge in [-0.25, -0.2) is 8.42 Å². The molecule has 0 spiro atoms. The van der Waals surface area contributed by atoms with Gasteiger partial charge in [0.1, 0.15) is 5.75 Å². The maximum absolute atomic E-state index is 11.6. The molecule has 140 valence electrons. The van der Waals surface area contributed by atoms with Gasteiger partial charge in [-0.3, -0.25) is 0 Å². The molecule has 0 heterocycles. The largest absolute Gasteiger partial charge is 0.494 e. The average Bonchev–Trinajstić information content (AvgIpc) is 2.61. The first kappa shape index (κ1) is 20.2. The number of sulfone groups is 1. The van der Waals surface area contributed by atoms with Crippen molar-refractivity contribution in [1.29, 1.82) is 0 Å². The van der Waals surface area contributed by atoms with E-state index in [0.29, 0.717) is 16.6 Å². The van der Waals surface area contributed by atoms with Gasteiger partial charge < -0.3 is 15.4 Å². The smallest absolute Gasteiger partial charge is 0.175 e. The predicted molar refractivity (Wildman–Crippen MR) is 110 cm³/mol. The van der Waals surface area contributed by atoms with Gasteiger partial charge in [-0.1, -0.05) is 19.1 Å². The number of benzene rings is 2. The molecule has 0 radical (unpaired) electrons. The van der Waals surface area contributed by atoms with Gasteiger partial charge in [0, 0.05) is 11.9 Å². The summed E-state index contributed by atoms with van der Waals surface area (Å²) in [5, 5.41) is 6.93. The molecule has 0 aliphatic rings. The van der Waals surface area contributed by atoms with Crippen LogP contribution >= 0.6 is 12.2 Å². The van der Waals surface area contributed by atoms with Crippen molar-refractivity contribution in [3.63, 3.8) is 0 Å². The van der Waals surface area contributed by atoms with Gasteiger partial charge in [0.15, 0.2) is 14.9 Å². The second-order valence-corrected chi connectivity index (χ2v) is 8.28. The zero-order chi connectivity index (χ0) is 19.2. The number of anilines is 1. The highest BCUT2D eigenvalue weighted by atomic mass is 32.2. The Morgan fingerprint density at radius 2 is 1.69 bits per heavy atom. The summed E-state index contributed by atoms with van der Waals surface area (Å²) in [7, 11) is -3.19. The van der Waals surface area contributed by atoms with Crippen LogP contribution in [0.15, 0.2) is 53.4 Å². The number of thiocarbonyl (C=S) groups is 1. The van der Waals surface area contributed by atoms with E-state index in [9.17, 15) is 8.42 Å². The maximum atomic E-state index is 11.6. The Morgan fingerprint density at radius 1 is 1.08 bits per heavy atom. The number of hydrogen-bond donors (Lipinski definition) is 2. The van der Waals surface area contributed by atoms with Crippen LogP contribution in [-0.4, -0.2) is 26.4 Å². The molecule has 2 aromatic carbocycles. The van der Waals surface area contributed by atoms with Gasteiger partial charge in [0.05, 0.1) is 17.5 Å². The van der Waals surface area contributed by atoms with Crippen LogP contribution in [0.3, 0.4) is 0 Å². The summed E-state index contributed by atoms with van der Waals surface area (Å²) in [6, 6.07) is 14.4. The quantitative estimate of drug-likeness (QED) is 0.696. The average molecular weight is 393 g/mol. The Kier molecular flexibility index (Phi) is 6.99. The van der Waals surface area contributed by atoms with Crippen molar-refractivity contribution in [2.24, 2.45) is 0 Å². The van der Waals surface area contributed by atoms with E-state index in [1.165, 1.54) is 6.26 Å². The Labute approximate surface area is 160 Å². The molecule has 1 unspecified atom stereocenters. The topological polar surface area (TPSA) is 67.4 Å². The normalized spacial score (nSPS) is 12.3. The van der Waals surface area contributed by atoms with Gasteiger partial charge in [-0.05, 0) is 67.5 Å². The number of hydrogen-bond acceptors (Lipinski definition) is 4. The summed E-state index contributed by atoms with van der Waals surface area (Å²) in [5.41, 5.74) is 1.85. The van der Waals surface area contributed by atoms with Crippen molar-refractivity contribution in [2.75, 3.05) is 18.2 Å². The SMILES string of the molecule is CCOc1ccc(NC(=S)NC(CC)c2ccc(S(C)(=O)=O)cc2)cc1. The molecule has 0 saturated heterocycles. The fraction of sp³-hybridized carbons (Fsp3) is 0.316. The summed E-state index contributed by atoms with van der Waals surface area (Å²) in [4.78, 5) is 0.311. The molecular weight excluding hydrogens is 368 g/mol. The third kappa shape index (κ3) is 5.71. The minimum Gasteiger partial charge on any atom is -0.494 e. The minimum atomic E-state index is -3.19. The third-order valence-electron chi connectivity index (χ3n) is 3.85. The standard InChI is InChI=1S/C19H24N2O3S2/c1-4-18(14-6-12-17(13-7-14)26(3,22)23)21-19(25)20-15-8-10-16(11-9-15)24-5-2/h6-13,18H,4-5H2,1-3H3,(H2,20,21,25). The van der Waals surface area contributed by atoms with E-state index in [4.69, 9.17) is 17.0 Å². The molecule has 2 rings (SSSR count). The van der Waals surface area contributed by atoms with Crippen molar-refractivity contribution in [3.05, 3.63) is 54.1 Å². The zero-order valence-corrected chi connectivity index (χ0v) is 16.8. The first-order valence-electron chi connectivity index (χ1n) is 8.44. The lowest BCUT2D eigenvalue weighted by atomic mass is 10.1. The Bertz CT molecular complexity index is 832. The first-order chi connectivity index (χ1) is 12.3. The molecule has 0 aliphatic heterocycles. The Morgan fingerprint density at radius 3 is 2.19 bits per heavy atom. The second-order valence-electron chi connectivity index (χ2n) is 5.86. The van der Waals surface area contributed by atoms with Crippen LogP contribution in [-0.2, 0) is 9.84 Å². The van der Waals surface area contributed by atoms with Crippen molar-refractivity contribution in [1.82, 2.24) is 5.32 Å². The van der Waals surface area contributed by atoms with Crippen molar-refractivity contribution in [3.8, 4) is 5.75 Å². The lowest BCUT2D eigenvalue weighted by molar-refractivity contribution is 0.340. The first-order valence-corrected chi connectivity index (χ1v) is 10.7. The van der Waals surface area contributed by atoms with Crippen LogP contribution in [0, 0.1) is 0 Å². The van der Waals surface area contributed by atoms with Crippen LogP contribution in [0.4, 0.5) is 5.69 Å². The molecule has 0 fully saturated rings. The second kappa shape index (κ2) is 9.00. The fourth-order valence-corrected chi connectivity index (χ4v) is 3.39. The van der Waals surface area contributed by atoms with Gasteiger partial charge in [-0.2, -0.15) is 0 Å². The molecule has 0 bridgehead atoms. The molecular formula is C19H24N2O3S2. The fourth-order valence-electron chi connectivity index (χ4n) is 2.50. The Balaban J connectivity index is 2.01. The van der Waals surface area contributed by atoms with Crippen LogP contribution in [0.5, 0.6) is 5.75 Å². The van der Waals surface area contributed by atoms with Gasteiger partial charge in [0.25, 0.3) is 0 Å². The van der Waals surface area contributed by atoms with Crippen molar-refractivity contribution in [2.45, 2.75) is 31.2 Å². The van der Waals surface area contributed by atoms with Crippen LogP contribution < -0.4 is 15.4 Å². The molecule has 0 aliphatic carbocycles. The van der Waals surface area contributed by atoms with Crippen molar-refractivity contribution < 1.29 is 13.2 Å². The zero-order valence-electron chi connectivity index (χ0n) is 15.2. The highest BCUT2D eigenvalue weighted by Gasteiger charge is 2.13. The van der Waals surface area contributed by atoms with E-state index in [-0.39, 0.29) is 6.04 Å². The summed E-state index contributed by atoms with van der Waals surface area (Å²) in [6.45, 7) is 4.61. The van der Waals surface area contributed by atoms with Gasteiger partial charge in [-0.15, -0.1) is 0 Å². The van der Waals surface area contributed by atoms with E-state index < -0.39 is 9.84 Å². The summed E-state index contributed by atoms with van der Waals surface area (Å²) >= 11 is 5.40. The van der Waals surface area contributed by atoms with Crippen LogP contribution in [0.25, 0.3) is 0 Å². The molecule has 1 atom stereocenters. The van der Waals surface area contributed by atoms with E-state index >= 15 is 0 Å². The Hall–Kier alpha value is -2.12. The predicted octanol–water partition coefficient (Wildman–Crippen LogP) is 3.93. The van der Waals surface area contributed by atoms with E-state index in [0.717, 1.165) is 23.4 Å². The summed E-state index contributed by atoms with van der Waals surface area (Å²) < 4.78 is 28.6. The van der Waals surface area contributed by atoms with Crippen molar-refractivity contribution >= 4 is 32.9 Å². The highest BCUT2D eigenvalue weighted by molar-refractivity contribution is 7.90. The number of nitrogens with one attached hydrogen (secondary N) is 2. The molecule has 0 amide bonds. The summed E-state index contributed by atoms with van der Waals surface area (Å²) in [5.74, 6) is 0.814. The van der Waals surface area contributed by atoms with Gasteiger partial charge >= 0.3 is 0 Å². The third-order valence-corrected chi connectivity index (χ3v) is 5.20. The molecule has 5 nitrogen and oxygen atoms in total. The maximum Gasteiger partial charge on any atom is 0.175 e. The molecule has 0 aromatic heterocycles. The highest BCUT2D eigenvalue weighted by Crippen LogP contribution is 2.20. The summed E-state index contributed by atoms with van der Waals surface area (Å²) in [6.07, 6.45) is 2.01. The molecule has 0 saturated carbocycles. The molecule has 7 heteroatoms. The number of rotatable bonds is 7.